The average Bonchev–Trinajstić information content (AvgIpc) is 2.75. The number of benzene rings is 1. The standard InChI is InChI=1S/C15H23NO2/c1-3-16-10-12-9-11(2)7-8-14(12)18-15-6-4-5-13(15)17/h7-9,13,15-17H,3-6,10H2,1-2H3. The van der Waals surface area contributed by atoms with Gasteiger partial charge in [0.15, 0.2) is 0 Å². The molecule has 1 aromatic carbocycles. The van der Waals surface area contributed by atoms with E-state index in [-0.39, 0.29) is 12.2 Å². The summed E-state index contributed by atoms with van der Waals surface area (Å²) in [5, 5.41) is 13.2. The SMILES string of the molecule is CCNCc1cc(C)ccc1OC1CCCC1O. The Morgan fingerprint density at radius 3 is 2.89 bits per heavy atom. The minimum atomic E-state index is -0.307. The van der Waals surface area contributed by atoms with Crippen LogP contribution in [-0.4, -0.2) is 23.9 Å². The van der Waals surface area contributed by atoms with Crippen molar-refractivity contribution in [2.75, 3.05) is 6.54 Å². The summed E-state index contributed by atoms with van der Waals surface area (Å²) in [5.74, 6) is 0.910. The monoisotopic (exact) mass is 249 g/mol. The van der Waals surface area contributed by atoms with Crippen molar-refractivity contribution in [3.8, 4) is 5.75 Å². The van der Waals surface area contributed by atoms with Gasteiger partial charge in [-0.3, -0.25) is 0 Å². The van der Waals surface area contributed by atoms with Crippen molar-refractivity contribution in [2.24, 2.45) is 0 Å². The van der Waals surface area contributed by atoms with Crippen molar-refractivity contribution in [3.63, 3.8) is 0 Å². The molecule has 0 aromatic heterocycles. The van der Waals surface area contributed by atoms with Crippen LogP contribution in [-0.2, 0) is 6.54 Å². The summed E-state index contributed by atoms with van der Waals surface area (Å²) >= 11 is 0. The van der Waals surface area contributed by atoms with Gasteiger partial charge >= 0.3 is 0 Å². The first-order valence-electron chi connectivity index (χ1n) is 6.85. The molecule has 1 aromatic rings. The Kier molecular flexibility index (Phi) is 4.61. The maximum Gasteiger partial charge on any atom is 0.124 e. The van der Waals surface area contributed by atoms with Crippen molar-refractivity contribution in [3.05, 3.63) is 29.3 Å². The van der Waals surface area contributed by atoms with E-state index in [0.717, 1.165) is 38.1 Å². The summed E-state index contributed by atoms with van der Waals surface area (Å²) in [7, 11) is 0. The van der Waals surface area contributed by atoms with Crippen LogP contribution in [0.3, 0.4) is 0 Å². The van der Waals surface area contributed by atoms with Crippen LogP contribution in [0.2, 0.25) is 0 Å². The average molecular weight is 249 g/mol. The molecular formula is C15H23NO2. The van der Waals surface area contributed by atoms with Gasteiger partial charge in [-0.2, -0.15) is 0 Å². The van der Waals surface area contributed by atoms with Gasteiger partial charge in [-0.15, -0.1) is 0 Å². The maximum absolute atomic E-state index is 9.83. The minimum absolute atomic E-state index is 0.0342. The summed E-state index contributed by atoms with van der Waals surface area (Å²) < 4.78 is 5.98. The first-order valence-corrected chi connectivity index (χ1v) is 6.85. The van der Waals surface area contributed by atoms with E-state index in [1.165, 1.54) is 11.1 Å². The van der Waals surface area contributed by atoms with E-state index in [4.69, 9.17) is 4.74 Å². The molecule has 0 spiro atoms. The number of hydrogen-bond donors (Lipinski definition) is 2. The summed E-state index contributed by atoms with van der Waals surface area (Å²) in [6.45, 7) is 5.94. The Bertz CT molecular complexity index is 392. The number of ether oxygens (including phenoxy) is 1. The Hall–Kier alpha value is -1.06. The Morgan fingerprint density at radius 1 is 1.39 bits per heavy atom. The number of aliphatic hydroxyl groups is 1. The molecule has 0 heterocycles. The third kappa shape index (κ3) is 3.24. The Labute approximate surface area is 109 Å². The molecule has 1 fully saturated rings. The largest absolute Gasteiger partial charge is 0.487 e. The number of aliphatic hydroxyl groups excluding tert-OH is 1. The molecule has 0 bridgehead atoms. The van der Waals surface area contributed by atoms with Gasteiger partial charge in [-0.05, 0) is 38.8 Å². The van der Waals surface area contributed by atoms with Crippen LogP contribution in [0.25, 0.3) is 0 Å². The molecule has 1 aliphatic carbocycles. The van der Waals surface area contributed by atoms with Gasteiger partial charge in [0.1, 0.15) is 11.9 Å². The molecular weight excluding hydrogens is 226 g/mol. The second-order valence-corrected chi connectivity index (χ2v) is 5.05. The smallest absolute Gasteiger partial charge is 0.124 e. The third-order valence-corrected chi connectivity index (χ3v) is 3.48. The van der Waals surface area contributed by atoms with Crippen LogP contribution in [0.4, 0.5) is 0 Å². The van der Waals surface area contributed by atoms with Crippen LogP contribution in [0.5, 0.6) is 5.75 Å². The van der Waals surface area contributed by atoms with E-state index >= 15 is 0 Å². The topological polar surface area (TPSA) is 41.5 Å². The second kappa shape index (κ2) is 6.21. The number of aryl methyl sites for hydroxylation is 1. The molecule has 100 valence electrons. The van der Waals surface area contributed by atoms with Crippen LogP contribution in [0, 0.1) is 6.92 Å². The van der Waals surface area contributed by atoms with E-state index in [1.807, 2.05) is 6.07 Å². The molecule has 2 rings (SSSR count). The summed E-state index contributed by atoms with van der Waals surface area (Å²) in [6, 6.07) is 6.23. The zero-order valence-electron chi connectivity index (χ0n) is 11.3. The second-order valence-electron chi connectivity index (χ2n) is 5.05. The molecule has 0 radical (unpaired) electrons. The zero-order valence-corrected chi connectivity index (χ0v) is 11.3. The van der Waals surface area contributed by atoms with Crippen LogP contribution < -0.4 is 10.1 Å². The van der Waals surface area contributed by atoms with Crippen LogP contribution in [0.1, 0.15) is 37.3 Å². The molecule has 2 N–H and O–H groups in total. The first-order chi connectivity index (χ1) is 8.70. The molecule has 3 heteroatoms. The fourth-order valence-corrected chi connectivity index (χ4v) is 2.43. The predicted octanol–water partition coefficient (Wildman–Crippen LogP) is 2.40. The van der Waals surface area contributed by atoms with Crippen LogP contribution >= 0.6 is 0 Å². The molecule has 1 aliphatic rings. The molecule has 0 saturated heterocycles. The fourth-order valence-electron chi connectivity index (χ4n) is 2.43. The molecule has 3 nitrogen and oxygen atoms in total. The van der Waals surface area contributed by atoms with Crippen molar-refractivity contribution in [1.29, 1.82) is 0 Å². The molecule has 0 aliphatic heterocycles. The van der Waals surface area contributed by atoms with Gasteiger partial charge in [-0.1, -0.05) is 24.6 Å². The van der Waals surface area contributed by atoms with Gasteiger partial charge in [-0.25, -0.2) is 0 Å². The van der Waals surface area contributed by atoms with E-state index in [9.17, 15) is 5.11 Å². The highest BCUT2D eigenvalue weighted by Crippen LogP contribution is 2.27. The molecule has 2 atom stereocenters. The summed E-state index contributed by atoms with van der Waals surface area (Å²) in [4.78, 5) is 0. The zero-order chi connectivity index (χ0) is 13.0. The highest BCUT2D eigenvalue weighted by Gasteiger charge is 2.27. The lowest BCUT2D eigenvalue weighted by atomic mass is 10.1. The normalized spacial score (nSPS) is 23.3. The lowest BCUT2D eigenvalue weighted by Gasteiger charge is -2.20. The van der Waals surface area contributed by atoms with Crippen molar-refractivity contribution in [1.82, 2.24) is 5.32 Å². The predicted molar refractivity (Wildman–Crippen MR) is 72.8 cm³/mol. The minimum Gasteiger partial charge on any atom is -0.487 e. The maximum atomic E-state index is 9.83. The number of hydrogen-bond acceptors (Lipinski definition) is 3. The highest BCUT2D eigenvalue weighted by molar-refractivity contribution is 5.37. The molecule has 0 amide bonds. The Morgan fingerprint density at radius 2 is 2.22 bits per heavy atom. The van der Waals surface area contributed by atoms with Crippen molar-refractivity contribution in [2.45, 2.75) is 51.9 Å². The number of rotatable bonds is 5. The van der Waals surface area contributed by atoms with E-state index in [1.54, 1.807) is 0 Å². The molecule has 2 unspecified atom stereocenters. The van der Waals surface area contributed by atoms with Gasteiger partial charge < -0.3 is 15.2 Å². The fraction of sp³-hybridized carbons (Fsp3) is 0.600. The van der Waals surface area contributed by atoms with Crippen molar-refractivity contribution >= 4 is 0 Å². The van der Waals surface area contributed by atoms with Gasteiger partial charge in [0.25, 0.3) is 0 Å². The summed E-state index contributed by atoms with van der Waals surface area (Å²) in [6.07, 6.45) is 2.53. The quantitative estimate of drug-likeness (QED) is 0.842. The van der Waals surface area contributed by atoms with Gasteiger partial charge in [0.05, 0.1) is 6.10 Å². The van der Waals surface area contributed by atoms with E-state index in [2.05, 4.69) is 31.3 Å². The molecule has 1 saturated carbocycles. The van der Waals surface area contributed by atoms with Crippen LogP contribution in [0.15, 0.2) is 18.2 Å². The lowest BCUT2D eigenvalue weighted by molar-refractivity contribution is 0.0597. The highest BCUT2D eigenvalue weighted by atomic mass is 16.5. The number of nitrogens with one attached hydrogen (secondary N) is 1. The van der Waals surface area contributed by atoms with Gasteiger partial charge in [0.2, 0.25) is 0 Å². The first kappa shape index (κ1) is 13.4. The molecule has 18 heavy (non-hydrogen) atoms. The van der Waals surface area contributed by atoms with Gasteiger partial charge in [0, 0.05) is 12.1 Å². The Balaban J connectivity index is 2.10. The van der Waals surface area contributed by atoms with E-state index in [0.29, 0.717) is 0 Å². The van der Waals surface area contributed by atoms with Crippen molar-refractivity contribution < 1.29 is 9.84 Å². The van der Waals surface area contributed by atoms with E-state index < -0.39 is 0 Å². The lowest BCUT2D eigenvalue weighted by Crippen LogP contribution is -2.26. The third-order valence-electron chi connectivity index (χ3n) is 3.48. The summed E-state index contributed by atoms with van der Waals surface area (Å²) in [5.41, 5.74) is 2.41.